The highest BCUT2D eigenvalue weighted by molar-refractivity contribution is 5.95. The second kappa shape index (κ2) is 13.8. The first kappa shape index (κ1) is 24.8. The molecule has 2 rings (SSSR count). The van der Waals surface area contributed by atoms with Crippen LogP contribution in [-0.4, -0.2) is 36.3 Å². The maximum absolute atomic E-state index is 12.3. The molecule has 0 aliphatic rings. The second-order valence-electron chi connectivity index (χ2n) is 7.42. The van der Waals surface area contributed by atoms with Gasteiger partial charge in [-0.3, -0.25) is 14.8 Å². The topological polar surface area (TPSA) is 94.0 Å². The highest BCUT2D eigenvalue weighted by Gasteiger charge is 2.06. The van der Waals surface area contributed by atoms with E-state index < -0.39 is 5.91 Å². The van der Waals surface area contributed by atoms with Gasteiger partial charge < -0.3 is 4.90 Å². The van der Waals surface area contributed by atoms with Crippen molar-refractivity contribution in [3.63, 3.8) is 0 Å². The number of carbonyl (C=O) groups is 2. The van der Waals surface area contributed by atoms with Crippen molar-refractivity contribution in [2.45, 2.75) is 39.5 Å². The molecule has 0 bridgehead atoms. The number of nitrogens with zero attached hydrogens (tertiary/aromatic N) is 2. The molecule has 0 unspecified atom stereocenters. The van der Waals surface area contributed by atoms with Crippen LogP contribution in [0.1, 0.15) is 61.0 Å². The molecule has 0 saturated carbocycles. The average molecular weight is 437 g/mol. The lowest BCUT2D eigenvalue weighted by Crippen LogP contribution is -2.25. The van der Waals surface area contributed by atoms with Gasteiger partial charge in [-0.1, -0.05) is 51.0 Å². The zero-order valence-corrected chi connectivity index (χ0v) is 18.8. The highest BCUT2D eigenvalue weighted by Crippen LogP contribution is 2.16. The van der Waals surface area contributed by atoms with Crippen molar-refractivity contribution >= 4 is 29.8 Å². The molecule has 170 valence electrons. The lowest BCUT2D eigenvalue weighted by atomic mass is 10.1. The number of carbonyl (C=O) groups excluding carboxylic acids is 2. The Labute approximate surface area is 189 Å². The fourth-order valence-electron chi connectivity index (χ4n) is 3.02. The molecule has 0 aliphatic carbocycles. The Hall–Kier alpha value is -3.45. The molecule has 3 N–H and O–H groups in total. The van der Waals surface area contributed by atoms with Gasteiger partial charge in [-0.25, -0.2) is 10.9 Å². The monoisotopic (exact) mass is 436 g/mol. The first-order valence-electron chi connectivity index (χ1n) is 11.0. The molecule has 0 saturated heterocycles. The van der Waals surface area contributed by atoms with Crippen molar-refractivity contribution in [1.82, 2.24) is 10.9 Å². The molecule has 2 aromatic carbocycles. The summed E-state index contributed by atoms with van der Waals surface area (Å²) < 4.78 is 0. The van der Waals surface area contributed by atoms with Crippen LogP contribution in [0.15, 0.2) is 59.7 Å². The number of amides is 2. The zero-order valence-electron chi connectivity index (χ0n) is 18.8. The van der Waals surface area contributed by atoms with Crippen molar-refractivity contribution in [2.75, 3.05) is 18.0 Å². The summed E-state index contributed by atoms with van der Waals surface area (Å²) in [5.41, 5.74) is 7.33. The minimum absolute atomic E-state index is 0.327. The highest BCUT2D eigenvalue weighted by atomic mass is 16.5. The van der Waals surface area contributed by atoms with Crippen molar-refractivity contribution in [3.8, 4) is 0 Å². The molecule has 32 heavy (non-hydrogen) atoms. The summed E-state index contributed by atoms with van der Waals surface area (Å²) in [6.07, 6.45) is 9.04. The van der Waals surface area contributed by atoms with Crippen molar-refractivity contribution in [2.24, 2.45) is 5.10 Å². The number of unbranched alkanes of at least 4 members (excludes halogenated alkanes) is 2. The van der Waals surface area contributed by atoms with E-state index in [9.17, 15) is 9.59 Å². The summed E-state index contributed by atoms with van der Waals surface area (Å²) in [6, 6.07) is 14.9. The fourth-order valence-corrected chi connectivity index (χ4v) is 3.02. The van der Waals surface area contributed by atoms with Crippen LogP contribution in [0.5, 0.6) is 0 Å². The maximum Gasteiger partial charge on any atom is 0.271 e. The Balaban J connectivity index is 1.92. The summed E-state index contributed by atoms with van der Waals surface area (Å²) in [6.45, 7) is 6.53. The van der Waals surface area contributed by atoms with Gasteiger partial charge in [0.05, 0.1) is 6.21 Å². The Morgan fingerprint density at radius 1 is 0.938 bits per heavy atom. The Kier molecular flexibility index (Phi) is 10.7. The Bertz CT molecular complexity index is 898. The lowest BCUT2D eigenvalue weighted by Gasteiger charge is -2.24. The molecule has 2 aromatic rings. The van der Waals surface area contributed by atoms with E-state index in [-0.39, 0.29) is 5.91 Å². The number of hydrogen-bond acceptors (Lipinski definition) is 5. The summed E-state index contributed by atoms with van der Waals surface area (Å²) in [4.78, 5) is 25.7. The van der Waals surface area contributed by atoms with Gasteiger partial charge in [-0.15, -0.1) is 0 Å². The average Bonchev–Trinajstić information content (AvgIpc) is 2.83. The van der Waals surface area contributed by atoms with Gasteiger partial charge in [0.1, 0.15) is 0 Å². The first-order chi connectivity index (χ1) is 15.6. The van der Waals surface area contributed by atoms with Crippen LogP contribution in [-0.2, 0) is 4.79 Å². The maximum atomic E-state index is 12.3. The van der Waals surface area contributed by atoms with E-state index in [2.05, 4.69) is 41.4 Å². The standard InChI is InChI=1S/C25H32N4O3/c1-3-5-17-29(18-6-4-2)23-14-9-21(10-15-23)19-26-27-25(31)22-12-7-20(8-13-22)11-16-24(30)28-32/h7-16,19,32H,3-6,17-18H2,1-2H3,(H,27,31)(H,28,30)/b16-11+,26-19+. The van der Waals surface area contributed by atoms with Gasteiger partial charge in [0.2, 0.25) is 0 Å². The number of rotatable bonds is 12. The van der Waals surface area contributed by atoms with Crippen LogP contribution < -0.4 is 15.8 Å². The molecule has 0 aliphatic heterocycles. The number of hydrazone groups is 1. The molecular weight excluding hydrogens is 404 g/mol. The van der Waals surface area contributed by atoms with Crippen molar-refractivity contribution in [1.29, 1.82) is 0 Å². The molecule has 0 radical (unpaired) electrons. The Morgan fingerprint density at radius 2 is 1.53 bits per heavy atom. The molecule has 0 atom stereocenters. The molecule has 0 spiro atoms. The van der Waals surface area contributed by atoms with Crippen LogP contribution >= 0.6 is 0 Å². The van der Waals surface area contributed by atoms with Crippen LogP contribution in [0.25, 0.3) is 6.08 Å². The summed E-state index contributed by atoms with van der Waals surface area (Å²) in [7, 11) is 0. The van der Waals surface area contributed by atoms with E-state index in [4.69, 9.17) is 5.21 Å². The van der Waals surface area contributed by atoms with E-state index in [1.807, 2.05) is 12.1 Å². The van der Waals surface area contributed by atoms with Gasteiger partial charge >= 0.3 is 0 Å². The molecule has 2 amide bonds. The van der Waals surface area contributed by atoms with Crippen LogP contribution in [0.4, 0.5) is 5.69 Å². The minimum Gasteiger partial charge on any atom is -0.372 e. The van der Waals surface area contributed by atoms with Gasteiger partial charge in [0.15, 0.2) is 0 Å². The molecule has 0 fully saturated rings. The molecule has 0 aromatic heterocycles. The number of hydrogen-bond donors (Lipinski definition) is 3. The molecule has 7 nitrogen and oxygen atoms in total. The number of benzene rings is 2. The van der Waals surface area contributed by atoms with E-state index >= 15 is 0 Å². The van der Waals surface area contributed by atoms with Crippen molar-refractivity contribution in [3.05, 3.63) is 71.3 Å². The third-order valence-corrected chi connectivity index (χ3v) is 4.91. The zero-order chi connectivity index (χ0) is 23.2. The SMILES string of the molecule is CCCCN(CCCC)c1ccc(/C=N/NC(=O)c2ccc(/C=C/C(=O)NO)cc2)cc1. The van der Waals surface area contributed by atoms with Crippen LogP contribution in [0, 0.1) is 0 Å². The molecule has 7 heteroatoms. The second-order valence-corrected chi connectivity index (χ2v) is 7.42. The van der Waals surface area contributed by atoms with E-state index in [1.54, 1.807) is 30.5 Å². The number of anilines is 1. The predicted octanol–water partition coefficient (Wildman–Crippen LogP) is 4.38. The van der Waals surface area contributed by atoms with Gasteiger partial charge in [-0.2, -0.15) is 5.10 Å². The summed E-state index contributed by atoms with van der Waals surface area (Å²) in [5.74, 6) is -0.948. The van der Waals surface area contributed by atoms with Gasteiger partial charge in [-0.05, 0) is 54.3 Å². The van der Waals surface area contributed by atoms with Crippen molar-refractivity contribution < 1.29 is 14.8 Å². The minimum atomic E-state index is -0.621. The lowest BCUT2D eigenvalue weighted by molar-refractivity contribution is -0.124. The fraction of sp³-hybridized carbons (Fsp3) is 0.320. The molecular formula is C25H32N4O3. The predicted molar refractivity (Wildman–Crippen MR) is 129 cm³/mol. The van der Waals surface area contributed by atoms with E-state index in [0.29, 0.717) is 5.56 Å². The van der Waals surface area contributed by atoms with E-state index in [0.717, 1.165) is 24.2 Å². The normalized spacial score (nSPS) is 11.1. The van der Waals surface area contributed by atoms with Crippen LogP contribution in [0.3, 0.4) is 0 Å². The van der Waals surface area contributed by atoms with Gasteiger partial charge in [0.25, 0.3) is 11.8 Å². The summed E-state index contributed by atoms with van der Waals surface area (Å²) in [5, 5.41) is 12.5. The number of hydroxylamine groups is 1. The Morgan fingerprint density at radius 3 is 2.09 bits per heavy atom. The quantitative estimate of drug-likeness (QED) is 0.199. The number of nitrogens with one attached hydrogen (secondary N) is 2. The van der Waals surface area contributed by atoms with Crippen LogP contribution in [0.2, 0.25) is 0 Å². The van der Waals surface area contributed by atoms with Gasteiger partial charge in [0, 0.05) is 30.4 Å². The third-order valence-electron chi connectivity index (χ3n) is 4.91. The molecule has 0 heterocycles. The summed E-state index contributed by atoms with van der Waals surface area (Å²) >= 11 is 0. The van der Waals surface area contributed by atoms with E-state index in [1.165, 1.54) is 49.0 Å². The smallest absolute Gasteiger partial charge is 0.271 e. The third kappa shape index (κ3) is 8.35. The first-order valence-corrected chi connectivity index (χ1v) is 11.0. The largest absolute Gasteiger partial charge is 0.372 e.